The van der Waals surface area contributed by atoms with E-state index < -0.39 is 5.67 Å². The number of ether oxygens (including phenoxy) is 2. The van der Waals surface area contributed by atoms with Crippen molar-refractivity contribution in [3.63, 3.8) is 0 Å². The molecule has 63 heavy (non-hydrogen) atoms. The summed E-state index contributed by atoms with van der Waals surface area (Å²) in [6.07, 6.45) is 8.32. The Bertz CT molecular complexity index is 1880. The van der Waals surface area contributed by atoms with E-state index in [1.165, 1.54) is 24.3 Å². The maximum atomic E-state index is 14.1. The molecule has 4 aliphatic rings. The van der Waals surface area contributed by atoms with E-state index in [-0.39, 0.29) is 12.3 Å². The molecule has 2 aromatic rings. The molecule has 0 amide bonds. The Morgan fingerprint density at radius 1 is 0.683 bits per heavy atom. The molecule has 346 valence electrons. The highest BCUT2D eigenvalue weighted by Gasteiger charge is 2.29. The van der Waals surface area contributed by atoms with Gasteiger partial charge in [-0.3, -0.25) is 4.90 Å². The molecule has 2 aromatic carbocycles. The fraction of sp³-hybridized carbons (Fsp3) is 0.649. The minimum absolute atomic E-state index is 0.0415. The first-order chi connectivity index (χ1) is 30.1. The minimum atomic E-state index is -1.19. The summed E-state index contributed by atoms with van der Waals surface area (Å²) in [5.41, 5.74) is 3.66. The number of alkyl halides is 1. The molecule has 0 saturated heterocycles. The van der Waals surface area contributed by atoms with Crippen LogP contribution >= 0.6 is 0 Å². The lowest BCUT2D eigenvalue weighted by molar-refractivity contribution is -0.103. The number of hydrogen-bond donors (Lipinski definition) is 0. The molecule has 0 aromatic heterocycles. The zero-order valence-corrected chi connectivity index (χ0v) is 41.6. The van der Waals surface area contributed by atoms with Crippen LogP contribution < -0.4 is 4.90 Å². The fourth-order valence-electron chi connectivity index (χ4n) is 8.52. The van der Waals surface area contributed by atoms with Crippen LogP contribution in [0.15, 0.2) is 48.5 Å². The van der Waals surface area contributed by atoms with Gasteiger partial charge in [0, 0.05) is 96.3 Å². The van der Waals surface area contributed by atoms with Gasteiger partial charge in [-0.25, -0.2) is 4.39 Å². The maximum Gasteiger partial charge on any atom is 0.171 e. The highest BCUT2D eigenvalue weighted by atomic mass is 19.1. The van der Waals surface area contributed by atoms with Crippen LogP contribution in [0, 0.1) is 82.9 Å². The van der Waals surface area contributed by atoms with Gasteiger partial charge in [0.05, 0.1) is 5.69 Å². The van der Waals surface area contributed by atoms with Gasteiger partial charge in [0.15, 0.2) is 11.8 Å². The second kappa shape index (κ2) is 28.9. The summed E-state index contributed by atoms with van der Waals surface area (Å²) in [7, 11) is 3.42. The molecule has 6 heteroatoms. The lowest BCUT2D eigenvalue weighted by Gasteiger charge is -2.35. The van der Waals surface area contributed by atoms with Gasteiger partial charge in [0.25, 0.3) is 0 Å². The highest BCUT2D eigenvalue weighted by molar-refractivity contribution is 5.64. The number of para-hydroxylation sites is 1. The van der Waals surface area contributed by atoms with Gasteiger partial charge in [0.1, 0.15) is 6.23 Å². The average Bonchev–Trinajstić information content (AvgIpc) is 3.20. The van der Waals surface area contributed by atoms with Gasteiger partial charge in [0.2, 0.25) is 0 Å². The maximum absolute atomic E-state index is 14.1. The normalized spacial score (nSPS) is 23.4. The quantitative estimate of drug-likeness (QED) is 0.222. The summed E-state index contributed by atoms with van der Waals surface area (Å²) in [5.74, 6) is 29.0. The largest absolute Gasteiger partial charge is 0.366 e. The predicted molar refractivity (Wildman–Crippen MR) is 266 cm³/mol. The Kier molecular flexibility index (Phi) is 24.6. The van der Waals surface area contributed by atoms with Crippen molar-refractivity contribution in [3.05, 3.63) is 65.2 Å². The van der Waals surface area contributed by atoms with Crippen molar-refractivity contribution in [1.29, 1.82) is 0 Å². The Labute approximate surface area is 386 Å². The van der Waals surface area contributed by atoms with E-state index in [0.29, 0.717) is 42.4 Å². The molecule has 5 unspecified atom stereocenters. The van der Waals surface area contributed by atoms with E-state index in [2.05, 4.69) is 180 Å². The van der Waals surface area contributed by atoms with E-state index in [4.69, 9.17) is 9.47 Å². The molecule has 0 saturated carbocycles. The van der Waals surface area contributed by atoms with E-state index >= 15 is 0 Å². The summed E-state index contributed by atoms with van der Waals surface area (Å²) < 4.78 is 25.0. The third kappa shape index (κ3) is 20.3. The van der Waals surface area contributed by atoms with Crippen molar-refractivity contribution in [1.82, 2.24) is 9.80 Å². The molecule has 5 atom stereocenters. The van der Waals surface area contributed by atoms with E-state index in [0.717, 1.165) is 94.7 Å². The number of hydrogen-bond acceptors (Lipinski definition) is 5. The average molecular weight is 862 g/mol. The van der Waals surface area contributed by atoms with Gasteiger partial charge in [-0.2, -0.15) is 0 Å². The summed E-state index contributed by atoms with van der Waals surface area (Å²) >= 11 is 0. The molecule has 0 spiro atoms. The molecule has 3 heterocycles. The molecule has 0 fully saturated rings. The number of halogens is 1. The van der Waals surface area contributed by atoms with Crippen molar-refractivity contribution < 1.29 is 13.9 Å². The first-order valence-electron chi connectivity index (χ1n) is 24.3. The van der Waals surface area contributed by atoms with Crippen molar-refractivity contribution in [2.45, 2.75) is 152 Å². The SMILES string of the molecule is CC(C)CC1(F)C#CCCCCC1.CC(C)CN1CCC#CC(C)C(C)C1.CC(C)CN1Cc2ccccc2C#Cc2ccccc21.COC1C#CCCCN(CC(C)C)C1OC. The zero-order chi connectivity index (χ0) is 46.2. The van der Waals surface area contributed by atoms with Crippen molar-refractivity contribution in [3.8, 4) is 47.4 Å². The van der Waals surface area contributed by atoms with Crippen LogP contribution in [0.25, 0.3) is 0 Å². The molecular formula is C57H84FN3O2. The predicted octanol–water partition coefficient (Wildman–Crippen LogP) is 12.1. The van der Waals surface area contributed by atoms with Crippen LogP contribution in [-0.4, -0.2) is 81.3 Å². The third-order valence-corrected chi connectivity index (χ3v) is 11.6. The van der Waals surface area contributed by atoms with E-state index in [1.807, 2.05) is 0 Å². The number of rotatable bonds is 10. The van der Waals surface area contributed by atoms with E-state index in [1.54, 1.807) is 14.2 Å². The Morgan fingerprint density at radius 2 is 1.33 bits per heavy atom. The summed E-state index contributed by atoms with van der Waals surface area (Å²) in [4.78, 5) is 7.36. The number of benzene rings is 2. The second-order valence-corrected chi connectivity index (χ2v) is 19.7. The van der Waals surface area contributed by atoms with Crippen molar-refractivity contribution in [2.24, 2.45) is 35.5 Å². The summed E-state index contributed by atoms with van der Waals surface area (Å²) in [5, 5.41) is 0. The van der Waals surface area contributed by atoms with Crippen molar-refractivity contribution >= 4 is 5.69 Å². The van der Waals surface area contributed by atoms with Crippen LogP contribution in [0.2, 0.25) is 0 Å². The highest BCUT2D eigenvalue weighted by Crippen LogP contribution is 2.29. The van der Waals surface area contributed by atoms with Gasteiger partial charge in [-0.1, -0.05) is 142 Å². The molecule has 0 bridgehead atoms. The first-order valence-corrected chi connectivity index (χ1v) is 24.3. The summed E-state index contributed by atoms with van der Waals surface area (Å²) in [6.45, 7) is 29.9. The third-order valence-electron chi connectivity index (χ3n) is 11.6. The molecule has 0 radical (unpaired) electrons. The number of nitrogens with zero attached hydrogens (tertiary/aromatic N) is 3. The van der Waals surface area contributed by atoms with Crippen LogP contribution in [0.3, 0.4) is 0 Å². The molecule has 0 N–H and O–H groups in total. The Hall–Kier alpha value is -3.75. The topological polar surface area (TPSA) is 28.2 Å². The molecule has 5 nitrogen and oxygen atoms in total. The molecule has 3 aliphatic heterocycles. The number of methoxy groups -OCH3 is 2. The second-order valence-electron chi connectivity index (χ2n) is 19.7. The summed E-state index contributed by atoms with van der Waals surface area (Å²) in [6, 6.07) is 16.9. The molecular weight excluding hydrogens is 778 g/mol. The minimum Gasteiger partial charge on any atom is -0.366 e. The van der Waals surface area contributed by atoms with Gasteiger partial charge in [-0.05, 0) is 85.5 Å². The van der Waals surface area contributed by atoms with Crippen LogP contribution in [0.1, 0.15) is 144 Å². The number of anilines is 1. The van der Waals surface area contributed by atoms with Crippen LogP contribution in [0.4, 0.5) is 10.1 Å². The fourth-order valence-corrected chi connectivity index (χ4v) is 8.52. The van der Waals surface area contributed by atoms with E-state index in [9.17, 15) is 4.39 Å². The van der Waals surface area contributed by atoms with Gasteiger partial charge < -0.3 is 19.3 Å². The van der Waals surface area contributed by atoms with Gasteiger partial charge >= 0.3 is 0 Å². The first kappa shape index (κ1) is 53.6. The van der Waals surface area contributed by atoms with Gasteiger partial charge in [-0.15, -0.1) is 11.8 Å². The van der Waals surface area contributed by atoms with Crippen LogP contribution in [0.5, 0.6) is 0 Å². The molecule has 1 aliphatic carbocycles. The Morgan fingerprint density at radius 3 is 2.02 bits per heavy atom. The van der Waals surface area contributed by atoms with Crippen LogP contribution in [-0.2, 0) is 16.0 Å². The Balaban J connectivity index is 0.000000227. The smallest absolute Gasteiger partial charge is 0.171 e. The lowest BCUT2D eigenvalue weighted by Crippen LogP contribution is -2.47. The van der Waals surface area contributed by atoms with Crippen molar-refractivity contribution in [2.75, 3.05) is 58.4 Å². The lowest BCUT2D eigenvalue weighted by atomic mass is 9.88. The molecule has 6 rings (SSSR count). The standard InChI is InChI=1S/C19H19N.C13H23NO2.C13H23N.C12H19F/c1-15(2)13-20-14-18-9-4-3-7-16(18)11-12-17-8-5-6-10-19(17)20;1-11(2)10-14-9-7-5-6-8-12(15-3)13(14)16-4;1-11(2)9-14-8-6-5-7-12(3)13(4)10-14;1-11(2)10-12(13)8-6-4-3-5-7-9-12/h3-10,15H,13-14H2,1-2H3;11-13H,5,7,9-10H2,1-4H3;11-13H,6,8-10H2,1-4H3;11H,3-6,8,10H2,1-2H3. The number of fused-ring (bicyclic) bond motifs is 2. The zero-order valence-electron chi connectivity index (χ0n) is 41.6. The monoisotopic (exact) mass is 862 g/mol.